The first kappa shape index (κ1) is 14.7. The maximum atomic E-state index is 11.4. The minimum absolute atomic E-state index is 0.181. The van der Waals surface area contributed by atoms with Gasteiger partial charge in [-0.05, 0) is 33.7 Å². The average Bonchev–Trinajstić information content (AvgIpc) is 2.68. The molecular formula is C13H23N3O2. The number of carbonyl (C=O) groups excluding carboxylic acids is 1. The lowest BCUT2D eigenvalue weighted by molar-refractivity contribution is -0.144. The predicted octanol–water partition coefficient (Wildman–Crippen LogP) is 1.82. The Morgan fingerprint density at radius 1 is 1.56 bits per heavy atom. The molecule has 0 radical (unpaired) electrons. The van der Waals surface area contributed by atoms with Gasteiger partial charge in [0.2, 0.25) is 0 Å². The van der Waals surface area contributed by atoms with Gasteiger partial charge in [0.15, 0.2) is 0 Å². The van der Waals surface area contributed by atoms with E-state index in [1.807, 2.05) is 13.1 Å². The largest absolute Gasteiger partial charge is 0.465 e. The summed E-state index contributed by atoms with van der Waals surface area (Å²) >= 11 is 0. The molecule has 0 aliphatic rings. The molecule has 0 amide bonds. The first-order chi connectivity index (χ1) is 8.60. The fraction of sp³-hybridized carbons (Fsp3) is 0.692. The van der Waals surface area contributed by atoms with Crippen LogP contribution in [0.2, 0.25) is 0 Å². The van der Waals surface area contributed by atoms with E-state index in [4.69, 9.17) is 4.74 Å². The highest BCUT2D eigenvalue weighted by atomic mass is 16.5. The summed E-state index contributed by atoms with van der Waals surface area (Å²) < 4.78 is 6.61. The summed E-state index contributed by atoms with van der Waals surface area (Å²) in [6, 6.07) is 0.251. The van der Waals surface area contributed by atoms with Crippen molar-refractivity contribution < 1.29 is 9.53 Å². The molecule has 5 heteroatoms. The van der Waals surface area contributed by atoms with Gasteiger partial charge in [0, 0.05) is 17.3 Å². The van der Waals surface area contributed by atoms with Gasteiger partial charge in [0.25, 0.3) is 0 Å². The molecular weight excluding hydrogens is 230 g/mol. The van der Waals surface area contributed by atoms with Crippen molar-refractivity contribution >= 4 is 5.97 Å². The number of aromatic nitrogens is 2. The van der Waals surface area contributed by atoms with Crippen molar-refractivity contribution in [2.75, 3.05) is 13.2 Å². The molecule has 0 aromatic carbocycles. The van der Waals surface area contributed by atoms with E-state index in [2.05, 4.69) is 24.3 Å². The first-order valence-electron chi connectivity index (χ1n) is 6.51. The topological polar surface area (TPSA) is 56.2 Å². The summed E-state index contributed by atoms with van der Waals surface area (Å²) in [7, 11) is 0. The van der Waals surface area contributed by atoms with E-state index in [0.29, 0.717) is 6.61 Å². The van der Waals surface area contributed by atoms with E-state index < -0.39 is 0 Å². The van der Waals surface area contributed by atoms with Gasteiger partial charge >= 0.3 is 5.97 Å². The third kappa shape index (κ3) is 3.84. The quantitative estimate of drug-likeness (QED) is 0.753. The summed E-state index contributed by atoms with van der Waals surface area (Å²) in [5.41, 5.74) is 2.15. The van der Waals surface area contributed by atoms with Gasteiger partial charge in [-0.1, -0.05) is 6.92 Å². The van der Waals surface area contributed by atoms with Gasteiger partial charge in [-0.15, -0.1) is 0 Å². The second-order valence-corrected chi connectivity index (χ2v) is 4.32. The van der Waals surface area contributed by atoms with E-state index in [9.17, 15) is 4.79 Å². The molecule has 0 fully saturated rings. The molecule has 1 heterocycles. The molecule has 1 atom stereocenters. The van der Waals surface area contributed by atoms with Crippen molar-refractivity contribution in [2.24, 2.45) is 0 Å². The minimum Gasteiger partial charge on any atom is -0.465 e. The zero-order valence-electron chi connectivity index (χ0n) is 11.7. The number of hydrogen-bond donors (Lipinski definition) is 1. The van der Waals surface area contributed by atoms with Crippen molar-refractivity contribution in [3.8, 4) is 0 Å². The molecule has 0 saturated heterocycles. The zero-order valence-corrected chi connectivity index (χ0v) is 11.7. The molecule has 1 aromatic heterocycles. The van der Waals surface area contributed by atoms with Crippen LogP contribution in [0.5, 0.6) is 0 Å². The molecule has 0 aliphatic carbocycles. The van der Waals surface area contributed by atoms with Crippen LogP contribution >= 0.6 is 0 Å². The molecule has 1 unspecified atom stereocenters. The van der Waals surface area contributed by atoms with Gasteiger partial charge in [0.05, 0.1) is 12.8 Å². The average molecular weight is 253 g/mol. The number of ether oxygens (including phenoxy) is 1. The molecule has 102 valence electrons. The van der Waals surface area contributed by atoms with Crippen LogP contribution in [0, 0.1) is 6.92 Å². The van der Waals surface area contributed by atoms with Crippen molar-refractivity contribution in [1.82, 2.24) is 15.1 Å². The number of nitrogens with zero attached hydrogens (tertiary/aromatic N) is 2. The van der Waals surface area contributed by atoms with Crippen molar-refractivity contribution in [2.45, 2.75) is 46.7 Å². The summed E-state index contributed by atoms with van der Waals surface area (Å²) in [6.45, 7) is 9.58. The van der Waals surface area contributed by atoms with Crippen molar-refractivity contribution in [3.63, 3.8) is 0 Å². The second-order valence-electron chi connectivity index (χ2n) is 4.32. The van der Waals surface area contributed by atoms with Gasteiger partial charge in [-0.2, -0.15) is 5.10 Å². The molecule has 0 saturated carbocycles. The van der Waals surface area contributed by atoms with E-state index in [1.54, 1.807) is 11.6 Å². The predicted molar refractivity (Wildman–Crippen MR) is 70.3 cm³/mol. The van der Waals surface area contributed by atoms with Gasteiger partial charge in [-0.3, -0.25) is 9.48 Å². The molecule has 0 bridgehead atoms. The Bertz CT molecular complexity index is 388. The van der Waals surface area contributed by atoms with E-state index in [-0.39, 0.29) is 18.6 Å². The van der Waals surface area contributed by atoms with Crippen molar-refractivity contribution in [1.29, 1.82) is 0 Å². The van der Waals surface area contributed by atoms with Crippen LogP contribution in [0.25, 0.3) is 0 Å². The zero-order chi connectivity index (χ0) is 13.5. The highest BCUT2D eigenvalue weighted by Gasteiger charge is 2.14. The molecule has 1 N–H and O–H groups in total. The number of esters is 1. The Balaban J connectivity index is 2.68. The normalized spacial score (nSPS) is 12.4. The molecule has 1 rings (SSSR count). The van der Waals surface area contributed by atoms with Gasteiger partial charge < -0.3 is 10.1 Å². The third-order valence-corrected chi connectivity index (χ3v) is 2.89. The lowest BCUT2D eigenvalue weighted by Gasteiger charge is -2.13. The van der Waals surface area contributed by atoms with Crippen LogP contribution in [0.4, 0.5) is 0 Å². The van der Waals surface area contributed by atoms with E-state index in [1.165, 1.54) is 0 Å². The van der Waals surface area contributed by atoms with Gasteiger partial charge in [-0.25, -0.2) is 0 Å². The second kappa shape index (κ2) is 7.16. The lowest BCUT2D eigenvalue weighted by Crippen LogP contribution is -2.20. The monoisotopic (exact) mass is 253 g/mol. The maximum absolute atomic E-state index is 11.4. The molecule has 18 heavy (non-hydrogen) atoms. The van der Waals surface area contributed by atoms with Crippen LogP contribution < -0.4 is 5.32 Å². The van der Waals surface area contributed by atoms with Crippen LogP contribution in [-0.4, -0.2) is 28.9 Å². The van der Waals surface area contributed by atoms with E-state index in [0.717, 1.165) is 24.2 Å². The molecule has 5 nitrogen and oxygen atoms in total. The van der Waals surface area contributed by atoms with E-state index >= 15 is 0 Å². The third-order valence-electron chi connectivity index (χ3n) is 2.89. The van der Waals surface area contributed by atoms with Crippen LogP contribution in [-0.2, 0) is 16.1 Å². The van der Waals surface area contributed by atoms with Crippen molar-refractivity contribution in [3.05, 3.63) is 17.5 Å². The summed E-state index contributed by atoms with van der Waals surface area (Å²) in [6.07, 6.45) is 2.92. The summed E-state index contributed by atoms with van der Waals surface area (Å²) in [5.74, 6) is -0.246. The summed E-state index contributed by atoms with van der Waals surface area (Å²) in [4.78, 5) is 11.4. The van der Waals surface area contributed by atoms with Gasteiger partial charge in [0.1, 0.15) is 6.54 Å². The smallest absolute Gasteiger partial charge is 0.327 e. The minimum atomic E-state index is -0.246. The Kier molecular flexibility index (Phi) is 5.85. The highest BCUT2D eigenvalue weighted by Crippen LogP contribution is 2.16. The molecule has 0 spiro atoms. The number of hydrogen-bond acceptors (Lipinski definition) is 4. The first-order valence-corrected chi connectivity index (χ1v) is 6.51. The highest BCUT2D eigenvalue weighted by molar-refractivity contribution is 5.69. The number of carbonyl (C=O) groups is 1. The molecule has 0 aliphatic heterocycles. The molecule has 1 aromatic rings. The number of rotatable bonds is 7. The Labute approximate surface area is 109 Å². The maximum Gasteiger partial charge on any atom is 0.327 e. The standard InChI is InChI=1S/C13H23N3O2/c1-5-7-14-10(3)12-8-15-16(11(12)4)9-13(17)18-6-2/h8,10,14H,5-7,9H2,1-4H3. The van der Waals surface area contributed by atoms with Crippen LogP contribution in [0.3, 0.4) is 0 Å². The fourth-order valence-electron chi connectivity index (χ4n) is 1.85. The Morgan fingerprint density at radius 3 is 2.89 bits per heavy atom. The number of nitrogens with one attached hydrogen (secondary N) is 1. The Hall–Kier alpha value is -1.36. The summed E-state index contributed by atoms with van der Waals surface area (Å²) in [5, 5.41) is 7.65. The fourth-order valence-corrected chi connectivity index (χ4v) is 1.85. The Morgan fingerprint density at radius 2 is 2.28 bits per heavy atom. The lowest BCUT2D eigenvalue weighted by atomic mass is 10.1. The van der Waals surface area contributed by atoms with Crippen LogP contribution in [0.1, 0.15) is 44.5 Å². The SMILES string of the molecule is CCCNC(C)c1cnn(CC(=O)OCC)c1C. The van der Waals surface area contributed by atoms with Crippen LogP contribution in [0.15, 0.2) is 6.20 Å².